The molecule has 1 fully saturated rings. The van der Waals surface area contributed by atoms with Crippen molar-refractivity contribution >= 4 is 0 Å². The molecule has 1 aliphatic carbocycles. The molecule has 0 saturated heterocycles. The molecular formula is C17H21F3O3. The minimum absolute atomic E-state index is 0.00760. The van der Waals surface area contributed by atoms with Crippen LogP contribution in [0.4, 0.5) is 13.2 Å². The number of aliphatic hydroxyl groups excluding tert-OH is 2. The second kappa shape index (κ2) is 7.36. The van der Waals surface area contributed by atoms with E-state index >= 15 is 0 Å². The summed E-state index contributed by atoms with van der Waals surface area (Å²) < 4.78 is 43.0. The maximum absolute atomic E-state index is 12.6. The summed E-state index contributed by atoms with van der Waals surface area (Å²) in [6.07, 6.45) is -0.878. The van der Waals surface area contributed by atoms with E-state index in [9.17, 15) is 23.4 Å². The number of ether oxygens (including phenoxy) is 1. The summed E-state index contributed by atoms with van der Waals surface area (Å²) in [5, 5.41) is 19.7. The SMILES string of the molecule is CC1CC(O)C(/C=C/C(O)COc2cccc(C(F)(F)F)c2)C1. The Morgan fingerprint density at radius 1 is 1.35 bits per heavy atom. The Labute approximate surface area is 133 Å². The van der Waals surface area contributed by atoms with Crippen LogP contribution in [-0.2, 0) is 6.18 Å². The van der Waals surface area contributed by atoms with Crippen LogP contribution in [0.25, 0.3) is 0 Å². The van der Waals surface area contributed by atoms with Crippen molar-refractivity contribution in [3.8, 4) is 5.75 Å². The van der Waals surface area contributed by atoms with Gasteiger partial charge in [-0.15, -0.1) is 0 Å². The lowest BCUT2D eigenvalue weighted by Gasteiger charge is -2.13. The standard InChI is InChI=1S/C17H21F3O3/c1-11-7-12(16(22)8-11)5-6-14(21)10-23-15-4-2-3-13(9-15)17(18,19)20/h2-6,9,11-12,14,16,21-22H,7-8,10H2,1H3/b6-5+. The van der Waals surface area contributed by atoms with Crippen LogP contribution >= 0.6 is 0 Å². The van der Waals surface area contributed by atoms with Gasteiger partial charge in [0.25, 0.3) is 0 Å². The van der Waals surface area contributed by atoms with Gasteiger partial charge in [0.15, 0.2) is 0 Å². The molecule has 0 amide bonds. The van der Waals surface area contributed by atoms with Crippen molar-refractivity contribution in [3.05, 3.63) is 42.0 Å². The van der Waals surface area contributed by atoms with Gasteiger partial charge in [-0.25, -0.2) is 0 Å². The van der Waals surface area contributed by atoms with E-state index in [4.69, 9.17) is 4.74 Å². The Morgan fingerprint density at radius 3 is 2.70 bits per heavy atom. The third-order valence-corrected chi connectivity index (χ3v) is 3.98. The Bertz CT molecular complexity index is 542. The summed E-state index contributed by atoms with van der Waals surface area (Å²) in [5.74, 6) is 0.508. The van der Waals surface area contributed by atoms with E-state index in [0.717, 1.165) is 25.0 Å². The normalized spacial score (nSPS) is 26.6. The van der Waals surface area contributed by atoms with Gasteiger partial charge in [-0.2, -0.15) is 13.2 Å². The molecule has 2 N–H and O–H groups in total. The Hall–Kier alpha value is -1.53. The van der Waals surface area contributed by atoms with E-state index in [1.54, 1.807) is 6.08 Å². The van der Waals surface area contributed by atoms with Crippen molar-refractivity contribution in [3.63, 3.8) is 0 Å². The number of rotatable bonds is 5. The van der Waals surface area contributed by atoms with E-state index in [1.165, 1.54) is 18.2 Å². The lowest BCUT2D eigenvalue weighted by Crippen LogP contribution is -2.17. The van der Waals surface area contributed by atoms with Gasteiger partial charge in [-0.05, 0) is 37.0 Å². The summed E-state index contributed by atoms with van der Waals surface area (Å²) in [5.41, 5.74) is -0.789. The van der Waals surface area contributed by atoms with Crippen LogP contribution < -0.4 is 4.74 Å². The second-order valence-electron chi connectivity index (χ2n) is 6.10. The van der Waals surface area contributed by atoms with Gasteiger partial charge < -0.3 is 14.9 Å². The molecular weight excluding hydrogens is 309 g/mol. The topological polar surface area (TPSA) is 49.7 Å². The Balaban J connectivity index is 1.86. The minimum atomic E-state index is -4.42. The highest BCUT2D eigenvalue weighted by Crippen LogP contribution is 2.32. The number of alkyl halides is 3. The molecule has 1 aliphatic rings. The van der Waals surface area contributed by atoms with Gasteiger partial charge in [-0.3, -0.25) is 0 Å². The molecule has 4 unspecified atom stereocenters. The molecule has 1 aromatic carbocycles. The molecule has 0 bridgehead atoms. The molecule has 0 aromatic heterocycles. The van der Waals surface area contributed by atoms with Crippen LogP contribution in [0.5, 0.6) is 5.75 Å². The number of hydrogen-bond donors (Lipinski definition) is 2. The van der Waals surface area contributed by atoms with Gasteiger partial charge in [-0.1, -0.05) is 25.1 Å². The lowest BCUT2D eigenvalue weighted by atomic mass is 10.0. The zero-order valence-corrected chi connectivity index (χ0v) is 12.8. The average molecular weight is 330 g/mol. The summed E-state index contributed by atoms with van der Waals surface area (Å²) in [7, 11) is 0. The van der Waals surface area contributed by atoms with E-state index in [2.05, 4.69) is 6.92 Å². The van der Waals surface area contributed by atoms with Gasteiger partial charge >= 0.3 is 6.18 Å². The van der Waals surface area contributed by atoms with Gasteiger partial charge in [0.05, 0.1) is 11.7 Å². The van der Waals surface area contributed by atoms with E-state index in [-0.39, 0.29) is 18.3 Å². The predicted octanol–water partition coefficient (Wildman–Crippen LogP) is 3.41. The van der Waals surface area contributed by atoms with E-state index < -0.39 is 23.9 Å². The summed E-state index contributed by atoms with van der Waals surface area (Å²) in [4.78, 5) is 0. The highest BCUT2D eigenvalue weighted by Gasteiger charge is 2.30. The number of halogens is 3. The highest BCUT2D eigenvalue weighted by molar-refractivity contribution is 5.30. The monoisotopic (exact) mass is 330 g/mol. The number of aliphatic hydroxyl groups is 2. The molecule has 3 nitrogen and oxygen atoms in total. The van der Waals surface area contributed by atoms with Crippen molar-refractivity contribution in [2.75, 3.05) is 6.61 Å². The van der Waals surface area contributed by atoms with Crippen LogP contribution in [-0.4, -0.2) is 29.0 Å². The number of hydrogen-bond acceptors (Lipinski definition) is 3. The first kappa shape index (κ1) is 17.8. The quantitative estimate of drug-likeness (QED) is 0.814. The van der Waals surface area contributed by atoms with Crippen molar-refractivity contribution < 1.29 is 28.1 Å². The minimum Gasteiger partial charge on any atom is -0.491 e. The highest BCUT2D eigenvalue weighted by atomic mass is 19.4. The molecule has 0 heterocycles. The molecule has 2 rings (SSSR count). The van der Waals surface area contributed by atoms with Crippen molar-refractivity contribution in [1.29, 1.82) is 0 Å². The van der Waals surface area contributed by atoms with Gasteiger partial charge in [0, 0.05) is 5.92 Å². The fourth-order valence-corrected chi connectivity index (χ4v) is 2.78. The van der Waals surface area contributed by atoms with Gasteiger partial charge in [0.1, 0.15) is 18.5 Å². The first-order valence-corrected chi connectivity index (χ1v) is 7.60. The molecule has 23 heavy (non-hydrogen) atoms. The second-order valence-corrected chi connectivity index (χ2v) is 6.10. The molecule has 1 saturated carbocycles. The Morgan fingerprint density at radius 2 is 2.09 bits per heavy atom. The molecule has 128 valence electrons. The molecule has 0 spiro atoms. The molecule has 6 heteroatoms. The maximum Gasteiger partial charge on any atom is 0.416 e. The number of benzene rings is 1. The van der Waals surface area contributed by atoms with Crippen LogP contribution in [0, 0.1) is 11.8 Å². The molecule has 0 aliphatic heterocycles. The smallest absolute Gasteiger partial charge is 0.416 e. The fourth-order valence-electron chi connectivity index (χ4n) is 2.78. The van der Waals surface area contributed by atoms with Crippen LogP contribution in [0.15, 0.2) is 36.4 Å². The predicted molar refractivity (Wildman–Crippen MR) is 80.0 cm³/mol. The summed E-state index contributed by atoms with van der Waals surface area (Å²) in [6.45, 7) is 1.92. The Kier molecular flexibility index (Phi) is 5.70. The molecule has 4 atom stereocenters. The first-order valence-electron chi connectivity index (χ1n) is 7.60. The molecule has 1 aromatic rings. The zero-order valence-electron chi connectivity index (χ0n) is 12.8. The van der Waals surface area contributed by atoms with Gasteiger partial charge in [0.2, 0.25) is 0 Å². The zero-order chi connectivity index (χ0) is 17.0. The van der Waals surface area contributed by atoms with E-state index in [0.29, 0.717) is 5.92 Å². The first-order chi connectivity index (χ1) is 10.8. The largest absolute Gasteiger partial charge is 0.491 e. The lowest BCUT2D eigenvalue weighted by molar-refractivity contribution is -0.137. The van der Waals surface area contributed by atoms with E-state index in [1.807, 2.05) is 0 Å². The average Bonchev–Trinajstić information content (AvgIpc) is 2.80. The van der Waals surface area contributed by atoms with Crippen LogP contribution in [0.3, 0.4) is 0 Å². The van der Waals surface area contributed by atoms with Crippen molar-refractivity contribution in [2.24, 2.45) is 11.8 Å². The summed E-state index contributed by atoms with van der Waals surface area (Å²) in [6, 6.07) is 4.54. The summed E-state index contributed by atoms with van der Waals surface area (Å²) >= 11 is 0. The van der Waals surface area contributed by atoms with Crippen LogP contribution in [0.1, 0.15) is 25.3 Å². The van der Waals surface area contributed by atoms with Crippen molar-refractivity contribution in [2.45, 2.75) is 38.1 Å². The fraction of sp³-hybridized carbons (Fsp3) is 0.529. The van der Waals surface area contributed by atoms with Crippen LogP contribution in [0.2, 0.25) is 0 Å². The third kappa shape index (κ3) is 5.25. The maximum atomic E-state index is 12.6. The molecule has 0 radical (unpaired) electrons. The third-order valence-electron chi connectivity index (χ3n) is 3.98. The van der Waals surface area contributed by atoms with Crippen molar-refractivity contribution in [1.82, 2.24) is 0 Å².